The summed E-state index contributed by atoms with van der Waals surface area (Å²) in [6.45, 7) is 8.96. The van der Waals surface area contributed by atoms with E-state index < -0.39 is 23.5 Å². The van der Waals surface area contributed by atoms with Crippen molar-refractivity contribution in [3.63, 3.8) is 0 Å². The molecule has 4 heterocycles. The zero-order chi connectivity index (χ0) is 32.9. The van der Waals surface area contributed by atoms with Crippen LogP contribution in [0.1, 0.15) is 63.0 Å². The fourth-order valence-corrected chi connectivity index (χ4v) is 6.82. The van der Waals surface area contributed by atoms with E-state index in [1.54, 1.807) is 11.4 Å². The molecule has 0 spiro atoms. The summed E-state index contributed by atoms with van der Waals surface area (Å²) in [6.07, 6.45) is 2.59. The fraction of sp³-hybridized carbons (Fsp3) is 0.342. The van der Waals surface area contributed by atoms with Crippen molar-refractivity contribution in [1.29, 1.82) is 0 Å². The molecule has 6 bridgehead atoms. The predicted octanol–water partition coefficient (Wildman–Crippen LogP) is 8.04. The molecule has 8 nitrogen and oxygen atoms in total. The number of anilines is 1. The first-order chi connectivity index (χ1) is 22.6. The Hall–Kier alpha value is -4.76. The van der Waals surface area contributed by atoms with Crippen LogP contribution in [0, 0.1) is 12.7 Å². The topological polar surface area (TPSA) is 89.2 Å². The maximum atomic E-state index is 16.0. The van der Waals surface area contributed by atoms with Crippen LogP contribution in [0.3, 0.4) is 0 Å². The number of fused-ring (bicyclic) bond motifs is 8. The molecular formula is C38H39FN4O4. The van der Waals surface area contributed by atoms with Crippen molar-refractivity contribution in [2.75, 3.05) is 24.6 Å². The molecular weight excluding hydrogens is 595 g/mol. The summed E-state index contributed by atoms with van der Waals surface area (Å²) in [7, 11) is 0. The van der Waals surface area contributed by atoms with Crippen molar-refractivity contribution in [1.82, 2.24) is 14.6 Å². The van der Waals surface area contributed by atoms with Gasteiger partial charge in [-0.25, -0.2) is 18.7 Å². The molecule has 1 N–H and O–H groups in total. The standard InChI is InChI=1S/C38H39FN4O4/c1-23-33(36(37(44)45)47-38(2,3)4)34-27-20-29(39)35-31(21-27)42(17-18-46-35)16-9-5-6-11-24-12-7-8-15-28(24)25-13-10-14-26(19-25)30-22-32(40-23)43(34)41-30/h7-8,10,12-15,19-22,36H,5-6,9,11,16-18H2,1-4H3,(H,44,45). The Labute approximate surface area is 273 Å². The average Bonchev–Trinajstić information content (AvgIpc) is 3.46. The van der Waals surface area contributed by atoms with Gasteiger partial charge in [0.25, 0.3) is 0 Å². The Morgan fingerprint density at radius 3 is 2.60 bits per heavy atom. The first-order valence-electron chi connectivity index (χ1n) is 16.3. The highest BCUT2D eigenvalue weighted by Gasteiger charge is 2.34. The maximum Gasteiger partial charge on any atom is 0.337 e. The molecule has 5 aromatic rings. The molecule has 242 valence electrons. The lowest BCUT2D eigenvalue weighted by molar-refractivity contribution is -0.160. The number of hydrogen-bond acceptors (Lipinski definition) is 6. The SMILES string of the molecule is Cc1nc2cc3nn2c(c1C(OC(C)(C)C)C(=O)O)-c1cc(F)c2c(c1)N(CCCCCc1ccccc1-c1cccc-3c1)CCO2. The molecule has 9 heteroatoms. The normalized spacial score (nSPS) is 15.5. The van der Waals surface area contributed by atoms with Crippen LogP contribution < -0.4 is 9.64 Å². The Kier molecular flexibility index (Phi) is 7.96. The smallest absolute Gasteiger partial charge is 0.337 e. The van der Waals surface area contributed by atoms with Crippen LogP contribution in [0.5, 0.6) is 5.75 Å². The van der Waals surface area contributed by atoms with Gasteiger partial charge in [-0.2, -0.15) is 5.10 Å². The quantitative estimate of drug-likeness (QED) is 0.215. The molecule has 0 aliphatic carbocycles. The Bertz CT molecular complexity index is 2000. The molecule has 1 atom stereocenters. The van der Waals surface area contributed by atoms with Crippen LogP contribution in [0.25, 0.3) is 39.3 Å². The van der Waals surface area contributed by atoms with Gasteiger partial charge >= 0.3 is 5.97 Å². The molecule has 1 unspecified atom stereocenters. The van der Waals surface area contributed by atoms with Gasteiger partial charge in [-0.3, -0.25) is 0 Å². The minimum absolute atomic E-state index is 0.214. The van der Waals surface area contributed by atoms with E-state index >= 15 is 4.39 Å². The van der Waals surface area contributed by atoms with Crippen molar-refractivity contribution >= 4 is 17.3 Å². The number of carboxylic acids is 1. The molecule has 2 aliphatic heterocycles. The maximum absolute atomic E-state index is 16.0. The van der Waals surface area contributed by atoms with Crippen LogP contribution in [0.15, 0.2) is 66.7 Å². The lowest BCUT2D eigenvalue weighted by Gasteiger charge is -2.32. The third kappa shape index (κ3) is 5.96. The molecule has 47 heavy (non-hydrogen) atoms. The number of carboxylic acid groups (broad SMARTS) is 1. The van der Waals surface area contributed by atoms with E-state index in [0.717, 1.165) is 43.4 Å². The molecule has 0 saturated carbocycles. The summed E-state index contributed by atoms with van der Waals surface area (Å²) < 4.78 is 29.7. The number of ether oxygens (including phenoxy) is 2. The van der Waals surface area contributed by atoms with Crippen molar-refractivity contribution in [3.8, 4) is 39.4 Å². The van der Waals surface area contributed by atoms with E-state index in [1.807, 2.05) is 45.0 Å². The van der Waals surface area contributed by atoms with Gasteiger partial charge in [0.15, 0.2) is 23.3 Å². The summed E-state index contributed by atoms with van der Waals surface area (Å²) in [6, 6.07) is 22.0. The fourth-order valence-electron chi connectivity index (χ4n) is 6.82. The van der Waals surface area contributed by atoms with Gasteiger partial charge in [-0.15, -0.1) is 0 Å². The van der Waals surface area contributed by atoms with Crippen LogP contribution in [0.2, 0.25) is 0 Å². The molecule has 2 aromatic heterocycles. The number of carbonyl (C=O) groups is 1. The Morgan fingerprint density at radius 2 is 1.79 bits per heavy atom. The first-order valence-corrected chi connectivity index (χ1v) is 16.3. The number of hydrogen-bond donors (Lipinski definition) is 1. The van der Waals surface area contributed by atoms with Crippen molar-refractivity contribution in [2.45, 2.75) is 65.1 Å². The lowest BCUT2D eigenvalue weighted by Crippen LogP contribution is -2.34. The van der Waals surface area contributed by atoms with Crippen LogP contribution in [-0.4, -0.2) is 51.0 Å². The van der Waals surface area contributed by atoms with Gasteiger partial charge in [-0.05, 0) is 81.8 Å². The van der Waals surface area contributed by atoms with E-state index in [0.29, 0.717) is 52.7 Å². The zero-order valence-corrected chi connectivity index (χ0v) is 27.2. The first kappa shape index (κ1) is 30.9. The second-order valence-electron chi connectivity index (χ2n) is 13.4. The van der Waals surface area contributed by atoms with Crippen LogP contribution >= 0.6 is 0 Å². The number of aryl methyl sites for hydroxylation is 2. The average molecular weight is 635 g/mol. The van der Waals surface area contributed by atoms with Gasteiger partial charge < -0.3 is 19.5 Å². The molecule has 2 aliphatic rings. The van der Waals surface area contributed by atoms with Crippen LogP contribution in [-0.2, 0) is 16.0 Å². The minimum atomic E-state index is -1.38. The molecule has 0 fully saturated rings. The van der Waals surface area contributed by atoms with E-state index in [-0.39, 0.29) is 5.75 Å². The largest absolute Gasteiger partial charge is 0.486 e. The molecule has 3 aromatic carbocycles. The van der Waals surface area contributed by atoms with E-state index in [9.17, 15) is 9.90 Å². The summed E-state index contributed by atoms with van der Waals surface area (Å²) in [5.74, 6) is -1.46. The van der Waals surface area contributed by atoms with Crippen LogP contribution in [0.4, 0.5) is 10.1 Å². The third-order valence-electron chi connectivity index (χ3n) is 8.89. The predicted molar refractivity (Wildman–Crippen MR) is 180 cm³/mol. The lowest BCUT2D eigenvalue weighted by atomic mass is 9.94. The summed E-state index contributed by atoms with van der Waals surface area (Å²) in [5.41, 5.74) is 7.23. The number of halogens is 1. The summed E-state index contributed by atoms with van der Waals surface area (Å²) in [5, 5.41) is 15.5. The Balaban J connectivity index is 1.52. The highest BCUT2D eigenvalue weighted by atomic mass is 19.1. The third-order valence-corrected chi connectivity index (χ3v) is 8.89. The highest BCUT2D eigenvalue weighted by Crippen LogP contribution is 2.42. The molecule has 0 amide bonds. The number of aliphatic carboxylic acids is 1. The number of benzene rings is 3. The summed E-state index contributed by atoms with van der Waals surface area (Å²) >= 11 is 0. The summed E-state index contributed by atoms with van der Waals surface area (Å²) in [4.78, 5) is 19.9. The van der Waals surface area contributed by atoms with E-state index in [1.165, 1.54) is 17.2 Å². The highest BCUT2D eigenvalue weighted by molar-refractivity contribution is 5.83. The van der Waals surface area contributed by atoms with Crippen molar-refractivity contribution in [2.24, 2.45) is 0 Å². The molecule has 7 rings (SSSR count). The van der Waals surface area contributed by atoms with Gasteiger partial charge in [0.2, 0.25) is 0 Å². The van der Waals surface area contributed by atoms with E-state index in [4.69, 9.17) is 19.6 Å². The van der Waals surface area contributed by atoms with Gasteiger partial charge in [0, 0.05) is 35.0 Å². The second kappa shape index (κ2) is 12.1. The molecule has 0 radical (unpaired) electrons. The Morgan fingerprint density at radius 1 is 0.979 bits per heavy atom. The van der Waals surface area contributed by atoms with Crippen molar-refractivity contribution in [3.05, 3.63) is 89.4 Å². The second-order valence-corrected chi connectivity index (χ2v) is 13.4. The number of nitrogens with zero attached hydrogens (tertiary/aromatic N) is 4. The van der Waals surface area contributed by atoms with Gasteiger partial charge in [-0.1, -0.05) is 48.9 Å². The van der Waals surface area contributed by atoms with E-state index in [2.05, 4.69) is 41.3 Å². The van der Waals surface area contributed by atoms with Gasteiger partial charge in [0.1, 0.15) is 6.61 Å². The number of rotatable bonds is 3. The number of aromatic nitrogens is 3. The monoisotopic (exact) mass is 634 g/mol. The minimum Gasteiger partial charge on any atom is -0.486 e. The molecule has 0 saturated heterocycles. The zero-order valence-electron chi connectivity index (χ0n) is 27.2. The van der Waals surface area contributed by atoms with Gasteiger partial charge in [0.05, 0.1) is 29.2 Å². The van der Waals surface area contributed by atoms with Crippen molar-refractivity contribution < 1.29 is 23.8 Å².